The van der Waals surface area contributed by atoms with Crippen molar-refractivity contribution >= 4 is 35.5 Å². The van der Waals surface area contributed by atoms with E-state index in [1.165, 1.54) is 16.7 Å². The summed E-state index contributed by atoms with van der Waals surface area (Å²) >= 11 is 1.42. The number of alkyl halides is 3. The Balaban J connectivity index is 0.000000406. The fraction of sp³-hybridized carbons (Fsp3) is 0.350. The zero-order chi connectivity index (χ0) is 25.2. The van der Waals surface area contributed by atoms with Crippen LogP contribution in [0.4, 0.5) is 13.2 Å². The van der Waals surface area contributed by atoms with Gasteiger partial charge in [-0.3, -0.25) is 19.5 Å². The molecule has 0 radical (unpaired) electrons. The van der Waals surface area contributed by atoms with Crippen LogP contribution in [0.1, 0.15) is 12.0 Å². The number of halogens is 3. The molecule has 2 fully saturated rings. The number of carbonyl (C=O) groups excluding carboxylic acids is 2. The van der Waals surface area contributed by atoms with Gasteiger partial charge in [0, 0.05) is 36.8 Å². The third-order valence-electron chi connectivity index (χ3n) is 5.14. The predicted octanol–water partition coefficient (Wildman–Crippen LogP) is 0.955. The molecule has 0 unspecified atom stereocenters. The number of fused-ring (bicyclic) bond motifs is 1. The van der Waals surface area contributed by atoms with Crippen molar-refractivity contribution in [3.63, 3.8) is 0 Å². The molecule has 3 aliphatic heterocycles. The fourth-order valence-electron chi connectivity index (χ4n) is 3.52. The summed E-state index contributed by atoms with van der Waals surface area (Å²) in [5.41, 5.74) is 7.67. The molecule has 10 nitrogen and oxygen atoms in total. The van der Waals surface area contributed by atoms with Crippen LogP contribution in [0.2, 0.25) is 0 Å². The number of aliphatic carboxylic acids is 2. The number of rotatable bonds is 4. The SMILES string of the molecule is N[C@@H]1C(=O)N2C(C(=O)O)=C(C=C3CCN(Cc4cccnc4)C3=O)CS[C@H]12.O=C(O)C(F)(F)F. The van der Waals surface area contributed by atoms with E-state index in [0.29, 0.717) is 36.4 Å². The van der Waals surface area contributed by atoms with Crippen molar-refractivity contribution in [2.45, 2.75) is 30.6 Å². The second-order valence-electron chi connectivity index (χ2n) is 7.43. The number of carboxylic acid groups (broad SMARTS) is 2. The lowest BCUT2D eigenvalue weighted by molar-refractivity contribution is -0.192. The highest BCUT2D eigenvalue weighted by Crippen LogP contribution is 2.40. The number of nitrogens with two attached hydrogens (primary N) is 1. The highest BCUT2D eigenvalue weighted by atomic mass is 32.2. The van der Waals surface area contributed by atoms with Gasteiger partial charge in [-0.05, 0) is 29.7 Å². The number of aromatic nitrogens is 1. The molecular formula is C20H19F3N4O6S. The maximum Gasteiger partial charge on any atom is 0.490 e. The number of carbonyl (C=O) groups is 4. The van der Waals surface area contributed by atoms with Gasteiger partial charge < -0.3 is 20.8 Å². The van der Waals surface area contributed by atoms with Crippen LogP contribution in [0.25, 0.3) is 0 Å². The molecule has 3 aliphatic rings. The molecule has 0 aromatic carbocycles. The summed E-state index contributed by atoms with van der Waals surface area (Å²) < 4.78 is 31.7. The lowest BCUT2D eigenvalue weighted by Gasteiger charge is -2.47. The summed E-state index contributed by atoms with van der Waals surface area (Å²) in [6, 6.07) is 3.06. The van der Waals surface area contributed by atoms with Crippen LogP contribution in [-0.2, 0) is 25.7 Å². The number of nitrogens with zero attached hydrogens (tertiary/aromatic N) is 3. The van der Waals surface area contributed by atoms with Gasteiger partial charge in [-0.15, -0.1) is 11.8 Å². The Bertz CT molecular complexity index is 1080. The molecule has 1 aromatic heterocycles. The number of hydrogen-bond donors (Lipinski definition) is 3. The third kappa shape index (κ3) is 5.22. The summed E-state index contributed by atoms with van der Waals surface area (Å²) in [6.45, 7) is 1.03. The second kappa shape index (κ2) is 9.85. The van der Waals surface area contributed by atoms with Gasteiger partial charge in [0.05, 0.1) is 0 Å². The van der Waals surface area contributed by atoms with Crippen molar-refractivity contribution in [3.8, 4) is 0 Å². The van der Waals surface area contributed by atoms with E-state index in [4.69, 9.17) is 15.6 Å². The number of carboxylic acids is 2. The van der Waals surface area contributed by atoms with E-state index in [1.807, 2.05) is 12.1 Å². The first-order valence-corrected chi connectivity index (χ1v) is 10.8. The van der Waals surface area contributed by atoms with Crippen LogP contribution in [0.5, 0.6) is 0 Å². The highest BCUT2D eigenvalue weighted by Gasteiger charge is 2.51. The molecule has 0 saturated carbocycles. The van der Waals surface area contributed by atoms with E-state index in [1.54, 1.807) is 23.4 Å². The van der Waals surface area contributed by atoms with Gasteiger partial charge >= 0.3 is 18.1 Å². The van der Waals surface area contributed by atoms with Crippen molar-refractivity contribution < 1.29 is 42.6 Å². The maximum atomic E-state index is 12.7. The Labute approximate surface area is 194 Å². The number of thioether (sulfide) groups is 1. The minimum Gasteiger partial charge on any atom is -0.477 e. The lowest BCUT2D eigenvalue weighted by atomic mass is 10.0. The summed E-state index contributed by atoms with van der Waals surface area (Å²) in [6.07, 6.45) is 0.487. The van der Waals surface area contributed by atoms with Crippen LogP contribution in [0.3, 0.4) is 0 Å². The van der Waals surface area contributed by atoms with E-state index in [2.05, 4.69) is 4.98 Å². The van der Waals surface area contributed by atoms with Gasteiger partial charge in [0.15, 0.2) is 0 Å². The Kier molecular flexibility index (Phi) is 7.31. The van der Waals surface area contributed by atoms with Gasteiger partial charge in [0.25, 0.3) is 0 Å². The zero-order valence-corrected chi connectivity index (χ0v) is 18.2. The van der Waals surface area contributed by atoms with E-state index >= 15 is 0 Å². The van der Waals surface area contributed by atoms with Crippen molar-refractivity contribution in [1.29, 1.82) is 0 Å². The first-order valence-electron chi connectivity index (χ1n) is 9.77. The molecule has 2 atom stereocenters. The van der Waals surface area contributed by atoms with E-state index in [-0.39, 0.29) is 17.0 Å². The molecule has 2 saturated heterocycles. The Morgan fingerprint density at radius 3 is 2.53 bits per heavy atom. The molecule has 4 heterocycles. The molecule has 182 valence electrons. The topological polar surface area (TPSA) is 154 Å². The van der Waals surface area contributed by atoms with Crippen molar-refractivity contribution in [2.24, 2.45) is 5.73 Å². The minimum absolute atomic E-state index is 0.0588. The molecule has 14 heteroatoms. The number of likely N-dealkylation sites (tertiary alicyclic amines) is 1. The molecule has 0 bridgehead atoms. The molecule has 2 amide bonds. The number of β-lactam (4-membered cyclic amide) rings is 1. The van der Waals surface area contributed by atoms with Gasteiger partial charge in [-0.1, -0.05) is 6.07 Å². The lowest BCUT2D eigenvalue weighted by Crippen LogP contribution is -2.68. The van der Waals surface area contributed by atoms with Gasteiger partial charge in [0.2, 0.25) is 11.8 Å². The summed E-state index contributed by atoms with van der Waals surface area (Å²) in [7, 11) is 0. The first kappa shape index (κ1) is 25.2. The van der Waals surface area contributed by atoms with Crippen LogP contribution in [-0.4, -0.2) is 78.6 Å². The molecule has 1 aromatic rings. The van der Waals surface area contributed by atoms with E-state index in [0.717, 1.165) is 5.56 Å². The van der Waals surface area contributed by atoms with Crippen LogP contribution < -0.4 is 5.73 Å². The fourth-order valence-corrected chi connectivity index (χ4v) is 4.78. The predicted molar refractivity (Wildman–Crippen MR) is 112 cm³/mol. The third-order valence-corrected chi connectivity index (χ3v) is 6.46. The van der Waals surface area contributed by atoms with Crippen LogP contribution in [0.15, 0.2) is 47.4 Å². The minimum atomic E-state index is -5.08. The van der Waals surface area contributed by atoms with Crippen molar-refractivity contribution in [3.05, 3.63) is 53.0 Å². The molecule has 0 aliphatic carbocycles. The number of allylic oxidation sites excluding steroid dienone is 1. The number of amides is 2. The Morgan fingerprint density at radius 1 is 1.29 bits per heavy atom. The summed E-state index contributed by atoms with van der Waals surface area (Å²) in [4.78, 5) is 52.3. The normalized spacial score (nSPS) is 23.4. The standard InChI is InChI=1S/C18H18N4O4S.C2HF3O2/c19-13-16(24)22-14(18(25)26)12(9-27-17(13)22)6-11-3-5-21(15(11)23)8-10-2-1-4-20-7-10;3-2(4,5)1(6)7/h1-2,4,6-7,13,17H,3,5,8-9,19H2,(H,25,26);(H,6,7)/t13-,17-;/m1./s1. The van der Waals surface area contributed by atoms with E-state index in [9.17, 15) is 32.7 Å². The van der Waals surface area contributed by atoms with Crippen molar-refractivity contribution in [2.75, 3.05) is 12.3 Å². The van der Waals surface area contributed by atoms with Gasteiger partial charge in [-0.25, -0.2) is 9.59 Å². The number of hydrogen-bond acceptors (Lipinski definition) is 7. The number of pyridine rings is 1. The zero-order valence-electron chi connectivity index (χ0n) is 17.4. The molecule has 34 heavy (non-hydrogen) atoms. The average Bonchev–Trinajstić information content (AvgIpc) is 3.12. The Morgan fingerprint density at radius 2 is 1.97 bits per heavy atom. The van der Waals surface area contributed by atoms with Gasteiger partial charge in [-0.2, -0.15) is 13.2 Å². The van der Waals surface area contributed by atoms with Crippen LogP contribution >= 0.6 is 11.8 Å². The molecule has 4 N–H and O–H groups in total. The highest BCUT2D eigenvalue weighted by molar-refractivity contribution is 8.00. The summed E-state index contributed by atoms with van der Waals surface area (Å²) in [5, 5.41) is 16.4. The quantitative estimate of drug-likeness (QED) is 0.405. The maximum absolute atomic E-state index is 12.7. The first-order chi connectivity index (χ1) is 15.9. The van der Waals surface area contributed by atoms with Gasteiger partial charge in [0.1, 0.15) is 17.1 Å². The second-order valence-corrected chi connectivity index (χ2v) is 8.53. The summed E-state index contributed by atoms with van der Waals surface area (Å²) in [5.74, 6) is -4.03. The largest absolute Gasteiger partial charge is 0.490 e. The smallest absolute Gasteiger partial charge is 0.477 e. The Hall–Kier alpha value is -3.39. The van der Waals surface area contributed by atoms with Crippen LogP contribution in [0, 0.1) is 0 Å². The monoisotopic (exact) mass is 500 g/mol. The van der Waals surface area contributed by atoms with E-state index < -0.39 is 30.1 Å². The average molecular weight is 500 g/mol. The molecule has 0 spiro atoms. The molecule has 4 rings (SSSR count). The molecular weight excluding hydrogens is 481 g/mol. The van der Waals surface area contributed by atoms with Crippen molar-refractivity contribution in [1.82, 2.24) is 14.8 Å².